The first kappa shape index (κ1) is 13.1. The second-order valence-corrected chi connectivity index (χ2v) is 4.12. The molecule has 0 spiro atoms. The van der Waals surface area contributed by atoms with Crippen molar-refractivity contribution < 1.29 is 4.74 Å². The van der Waals surface area contributed by atoms with Crippen LogP contribution in [0.15, 0.2) is 30.5 Å². The molecule has 0 aliphatic rings. The van der Waals surface area contributed by atoms with Gasteiger partial charge in [-0.25, -0.2) is 9.97 Å². The minimum Gasteiger partial charge on any atom is -0.481 e. The summed E-state index contributed by atoms with van der Waals surface area (Å²) in [5, 5.41) is 12.2. The van der Waals surface area contributed by atoms with Gasteiger partial charge < -0.3 is 10.1 Å². The summed E-state index contributed by atoms with van der Waals surface area (Å²) in [6.45, 7) is 0.539. The number of hydrogen-bond donors (Lipinski definition) is 1. The Morgan fingerprint density at radius 2 is 2.26 bits per heavy atom. The molecule has 0 aliphatic heterocycles. The molecule has 0 saturated heterocycles. The molecule has 19 heavy (non-hydrogen) atoms. The third-order valence-corrected chi connectivity index (χ3v) is 2.60. The van der Waals surface area contributed by atoms with Crippen LogP contribution in [0, 0.1) is 11.3 Å². The smallest absolute Gasteiger partial charge is 0.213 e. The lowest BCUT2D eigenvalue weighted by atomic mass is 10.2. The Hall–Kier alpha value is -2.32. The number of nitrogens with zero attached hydrogens (tertiary/aromatic N) is 3. The zero-order valence-corrected chi connectivity index (χ0v) is 11.0. The van der Waals surface area contributed by atoms with Crippen LogP contribution in [-0.4, -0.2) is 17.1 Å². The van der Waals surface area contributed by atoms with Gasteiger partial charge in [-0.05, 0) is 23.8 Å². The van der Waals surface area contributed by atoms with Crippen molar-refractivity contribution in [1.29, 1.82) is 5.26 Å². The molecule has 2 rings (SSSR count). The normalized spacial score (nSPS) is 9.74. The molecule has 0 aliphatic carbocycles. The lowest BCUT2D eigenvalue weighted by molar-refractivity contribution is 0.397. The highest BCUT2D eigenvalue weighted by molar-refractivity contribution is 6.29. The fraction of sp³-hybridized carbons (Fsp3) is 0.154. The molecule has 6 heteroatoms. The Balaban J connectivity index is 2.10. The van der Waals surface area contributed by atoms with Gasteiger partial charge in [-0.3, -0.25) is 0 Å². The molecule has 0 amide bonds. The molecule has 0 atom stereocenters. The van der Waals surface area contributed by atoms with Gasteiger partial charge in [-0.2, -0.15) is 5.26 Å². The molecule has 0 radical (unpaired) electrons. The highest BCUT2D eigenvalue weighted by Crippen LogP contribution is 2.15. The fourth-order valence-electron chi connectivity index (χ4n) is 1.52. The van der Waals surface area contributed by atoms with Crippen molar-refractivity contribution in [2.75, 3.05) is 12.4 Å². The number of methoxy groups -OCH3 is 1. The summed E-state index contributed by atoms with van der Waals surface area (Å²) in [6, 6.07) is 8.88. The van der Waals surface area contributed by atoms with E-state index in [1.54, 1.807) is 19.4 Å². The first-order valence-electron chi connectivity index (χ1n) is 5.52. The molecule has 0 fully saturated rings. The lowest BCUT2D eigenvalue weighted by Gasteiger charge is -2.07. The number of hydrogen-bond acceptors (Lipinski definition) is 5. The van der Waals surface area contributed by atoms with Crippen LogP contribution in [0.5, 0.6) is 5.88 Å². The van der Waals surface area contributed by atoms with Crippen LogP contribution < -0.4 is 10.1 Å². The zero-order chi connectivity index (χ0) is 13.7. The number of ether oxygens (including phenoxy) is 1. The molecule has 2 aromatic rings. The standard InChI is InChI=1S/C13H11ClN4O/c1-19-13-6-9(2-3-16-13)8-17-12-5-10(7-15)4-11(14)18-12/h2-6H,8H2,1H3,(H,17,18). The number of halogens is 1. The minimum absolute atomic E-state index is 0.286. The molecular formula is C13H11ClN4O. The molecule has 2 heterocycles. The largest absolute Gasteiger partial charge is 0.481 e. The van der Waals surface area contributed by atoms with E-state index in [1.165, 1.54) is 6.07 Å². The van der Waals surface area contributed by atoms with Crippen LogP contribution >= 0.6 is 11.6 Å². The minimum atomic E-state index is 0.286. The van der Waals surface area contributed by atoms with Crippen molar-refractivity contribution in [2.24, 2.45) is 0 Å². The molecule has 0 aromatic carbocycles. The molecular weight excluding hydrogens is 264 g/mol. The average Bonchev–Trinajstić information content (AvgIpc) is 2.44. The Bertz CT molecular complexity index is 624. The monoisotopic (exact) mass is 274 g/mol. The predicted octanol–water partition coefficient (Wildman–Crippen LogP) is 2.62. The number of anilines is 1. The van der Waals surface area contributed by atoms with E-state index >= 15 is 0 Å². The summed E-state index contributed by atoms with van der Waals surface area (Å²) in [6.07, 6.45) is 1.67. The maximum absolute atomic E-state index is 8.85. The lowest BCUT2D eigenvalue weighted by Crippen LogP contribution is -2.02. The Morgan fingerprint density at radius 3 is 3.00 bits per heavy atom. The summed E-state index contributed by atoms with van der Waals surface area (Å²) < 4.78 is 5.04. The van der Waals surface area contributed by atoms with E-state index in [0.717, 1.165) is 5.56 Å². The topological polar surface area (TPSA) is 70.8 Å². The van der Waals surface area contributed by atoms with Gasteiger partial charge in [-0.1, -0.05) is 11.6 Å². The van der Waals surface area contributed by atoms with Gasteiger partial charge in [0, 0.05) is 18.8 Å². The van der Waals surface area contributed by atoms with Gasteiger partial charge in [0.25, 0.3) is 0 Å². The van der Waals surface area contributed by atoms with Crippen molar-refractivity contribution in [2.45, 2.75) is 6.54 Å². The average molecular weight is 275 g/mol. The van der Waals surface area contributed by atoms with E-state index in [-0.39, 0.29) is 5.15 Å². The molecule has 1 N–H and O–H groups in total. The van der Waals surface area contributed by atoms with Crippen molar-refractivity contribution in [3.8, 4) is 11.9 Å². The van der Waals surface area contributed by atoms with E-state index in [4.69, 9.17) is 21.6 Å². The maximum Gasteiger partial charge on any atom is 0.213 e. The van der Waals surface area contributed by atoms with E-state index in [0.29, 0.717) is 23.8 Å². The summed E-state index contributed by atoms with van der Waals surface area (Å²) in [7, 11) is 1.57. The number of pyridine rings is 2. The molecule has 96 valence electrons. The summed E-state index contributed by atoms with van der Waals surface area (Å²) in [4.78, 5) is 8.12. The van der Waals surface area contributed by atoms with Gasteiger partial charge in [0.1, 0.15) is 11.0 Å². The number of nitrogens with one attached hydrogen (secondary N) is 1. The van der Waals surface area contributed by atoms with E-state index < -0.39 is 0 Å². The molecule has 5 nitrogen and oxygen atoms in total. The van der Waals surface area contributed by atoms with Crippen molar-refractivity contribution in [1.82, 2.24) is 9.97 Å². The van der Waals surface area contributed by atoms with Gasteiger partial charge in [-0.15, -0.1) is 0 Å². The molecule has 0 saturated carbocycles. The van der Waals surface area contributed by atoms with Crippen molar-refractivity contribution >= 4 is 17.4 Å². The van der Waals surface area contributed by atoms with Crippen molar-refractivity contribution in [3.05, 3.63) is 46.7 Å². The number of rotatable bonds is 4. The number of aromatic nitrogens is 2. The number of nitriles is 1. The van der Waals surface area contributed by atoms with Crippen LogP contribution in [0.25, 0.3) is 0 Å². The highest BCUT2D eigenvalue weighted by atomic mass is 35.5. The first-order chi connectivity index (χ1) is 9.21. The summed E-state index contributed by atoms with van der Waals surface area (Å²) in [5.41, 5.74) is 1.46. The SMILES string of the molecule is COc1cc(CNc2cc(C#N)cc(Cl)n2)ccn1. The van der Waals surface area contributed by atoms with E-state index in [9.17, 15) is 0 Å². The highest BCUT2D eigenvalue weighted by Gasteiger charge is 2.02. The van der Waals surface area contributed by atoms with Gasteiger partial charge in [0.05, 0.1) is 18.7 Å². The van der Waals surface area contributed by atoms with Crippen LogP contribution in [0.4, 0.5) is 5.82 Å². The Morgan fingerprint density at radius 1 is 1.42 bits per heavy atom. The van der Waals surface area contributed by atoms with Gasteiger partial charge >= 0.3 is 0 Å². The molecule has 2 aromatic heterocycles. The first-order valence-corrected chi connectivity index (χ1v) is 5.89. The molecule has 0 bridgehead atoms. The van der Waals surface area contributed by atoms with E-state index in [2.05, 4.69) is 15.3 Å². The predicted molar refractivity (Wildman–Crippen MR) is 72.1 cm³/mol. The fourth-order valence-corrected chi connectivity index (χ4v) is 1.73. The Labute approximate surface area is 115 Å². The maximum atomic E-state index is 8.85. The van der Waals surface area contributed by atoms with E-state index in [1.807, 2.05) is 18.2 Å². The van der Waals surface area contributed by atoms with Crippen LogP contribution in [-0.2, 0) is 6.54 Å². The van der Waals surface area contributed by atoms with Gasteiger partial charge in [0.2, 0.25) is 5.88 Å². The Kier molecular flexibility index (Phi) is 4.16. The summed E-state index contributed by atoms with van der Waals surface area (Å²) >= 11 is 5.83. The molecule has 0 unspecified atom stereocenters. The van der Waals surface area contributed by atoms with Crippen LogP contribution in [0.2, 0.25) is 5.15 Å². The second-order valence-electron chi connectivity index (χ2n) is 3.74. The third-order valence-electron chi connectivity index (χ3n) is 2.41. The van der Waals surface area contributed by atoms with Crippen LogP contribution in [0.3, 0.4) is 0 Å². The van der Waals surface area contributed by atoms with Gasteiger partial charge in [0.15, 0.2) is 0 Å². The van der Waals surface area contributed by atoms with Crippen LogP contribution in [0.1, 0.15) is 11.1 Å². The van der Waals surface area contributed by atoms with Crippen molar-refractivity contribution in [3.63, 3.8) is 0 Å². The second kappa shape index (κ2) is 6.03. The summed E-state index contributed by atoms with van der Waals surface area (Å²) in [5.74, 6) is 1.11. The quantitative estimate of drug-likeness (QED) is 0.868. The zero-order valence-electron chi connectivity index (χ0n) is 10.2. The third kappa shape index (κ3) is 3.57.